The smallest absolute Gasteiger partial charge is 0.241 e. The Bertz CT molecular complexity index is 725. The number of aromatic nitrogens is 2. The Morgan fingerprint density at radius 3 is 2.68 bits per heavy atom. The van der Waals surface area contributed by atoms with Gasteiger partial charge in [-0.05, 0) is 43.5 Å². The fourth-order valence-corrected chi connectivity index (χ4v) is 3.66. The van der Waals surface area contributed by atoms with Crippen LogP contribution in [0.15, 0.2) is 35.7 Å². The zero-order valence-electron chi connectivity index (χ0n) is 13.1. The highest BCUT2D eigenvalue weighted by Gasteiger charge is 2.19. The second-order valence-electron chi connectivity index (χ2n) is 5.12. The van der Waals surface area contributed by atoms with Crippen molar-refractivity contribution < 1.29 is 17.7 Å². The third kappa shape index (κ3) is 3.66. The molecule has 2 N–H and O–H groups in total. The van der Waals surface area contributed by atoms with Crippen LogP contribution in [0.3, 0.4) is 0 Å². The van der Waals surface area contributed by atoms with Crippen LogP contribution in [-0.4, -0.2) is 27.1 Å². The summed E-state index contributed by atoms with van der Waals surface area (Å²) in [4.78, 5) is 3.26. The molecule has 2 aromatic rings. The highest BCUT2D eigenvalue weighted by atomic mass is 32.2. The number of sulfonamides is 1. The standard InChI is InChI=1S/C15H21N3O3S/c1-12-13(2)15(6-5-14(12)21-3)22(19,20)17-7-4-9-18-10-8-16-11-18/h5-6,8,10-11,17H,4,7,9H2,1-3H3/p+1. The van der Waals surface area contributed by atoms with Crippen molar-refractivity contribution in [3.05, 3.63) is 42.0 Å². The lowest BCUT2D eigenvalue weighted by atomic mass is 10.1. The molecule has 0 spiro atoms. The molecular weight excluding hydrogens is 302 g/mol. The molecule has 0 atom stereocenters. The van der Waals surface area contributed by atoms with Gasteiger partial charge < -0.3 is 4.74 Å². The lowest BCUT2D eigenvalue weighted by molar-refractivity contribution is -0.695. The number of hydrogen-bond acceptors (Lipinski definition) is 3. The third-order valence-corrected chi connectivity index (χ3v) is 5.29. The number of rotatable bonds is 7. The van der Waals surface area contributed by atoms with E-state index in [9.17, 15) is 8.42 Å². The minimum Gasteiger partial charge on any atom is -0.496 e. The molecule has 7 heteroatoms. The third-order valence-electron chi connectivity index (χ3n) is 3.68. The van der Waals surface area contributed by atoms with Gasteiger partial charge in [0.25, 0.3) is 0 Å². The van der Waals surface area contributed by atoms with Gasteiger partial charge in [-0.2, -0.15) is 0 Å². The van der Waals surface area contributed by atoms with Gasteiger partial charge in [0.2, 0.25) is 16.4 Å². The number of nitrogens with zero attached hydrogens (tertiary/aromatic N) is 1. The number of hydrogen-bond donors (Lipinski definition) is 2. The van der Waals surface area contributed by atoms with Gasteiger partial charge in [-0.25, -0.2) is 17.7 Å². The van der Waals surface area contributed by atoms with Crippen LogP contribution in [0.4, 0.5) is 0 Å². The minimum atomic E-state index is -3.50. The molecule has 0 fully saturated rings. The van der Waals surface area contributed by atoms with Gasteiger partial charge in [-0.15, -0.1) is 0 Å². The van der Waals surface area contributed by atoms with Gasteiger partial charge in [-0.1, -0.05) is 0 Å². The van der Waals surface area contributed by atoms with Crippen molar-refractivity contribution in [2.45, 2.75) is 31.7 Å². The molecule has 0 saturated carbocycles. The molecule has 0 bridgehead atoms. The number of aryl methyl sites for hydroxylation is 1. The fourth-order valence-electron chi connectivity index (χ4n) is 2.29. The quantitative estimate of drug-likeness (QED) is 0.595. The Kier molecular flexibility index (Phi) is 5.20. The van der Waals surface area contributed by atoms with Crippen LogP contribution < -0.4 is 14.0 Å². The summed E-state index contributed by atoms with van der Waals surface area (Å²) in [5, 5.41) is 0. The molecule has 1 heterocycles. The topological polar surface area (TPSA) is 75.1 Å². The Morgan fingerprint density at radius 2 is 2.05 bits per heavy atom. The summed E-state index contributed by atoms with van der Waals surface area (Å²) in [5.74, 6) is 0.695. The van der Waals surface area contributed by atoms with Crippen molar-refractivity contribution in [3.63, 3.8) is 0 Å². The highest BCUT2D eigenvalue weighted by molar-refractivity contribution is 7.89. The average Bonchev–Trinajstić information content (AvgIpc) is 2.99. The van der Waals surface area contributed by atoms with E-state index in [2.05, 4.69) is 9.71 Å². The molecule has 2 rings (SSSR count). The first-order valence-corrected chi connectivity index (χ1v) is 8.59. The molecule has 0 aliphatic carbocycles. The SMILES string of the molecule is COc1ccc(S(=O)(=O)NCCC[n+]2cc[nH]c2)c(C)c1C. The van der Waals surface area contributed by atoms with Crippen molar-refractivity contribution in [3.8, 4) is 5.75 Å². The van der Waals surface area contributed by atoms with E-state index in [1.165, 1.54) is 0 Å². The second kappa shape index (κ2) is 6.93. The number of H-pyrrole nitrogens is 1. The van der Waals surface area contributed by atoms with E-state index in [0.29, 0.717) is 22.8 Å². The number of aromatic amines is 1. The lowest BCUT2D eigenvalue weighted by Gasteiger charge is -2.13. The Labute approximate surface area is 131 Å². The first-order chi connectivity index (χ1) is 10.5. The number of imidazole rings is 1. The fraction of sp³-hybridized carbons (Fsp3) is 0.400. The van der Waals surface area contributed by atoms with Gasteiger partial charge in [0.15, 0.2) is 0 Å². The molecule has 120 valence electrons. The van der Waals surface area contributed by atoms with Crippen molar-refractivity contribution >= 4 is 10.0 Å². The molecule has 22 heavy (non-hydrogen) atoms. The molecule has 0 unspecified atom stereocenters. The minimum absolute atomic E-state index is 0.306. The van der Waals surface area contributed by atoms with E-state index in [1.54, 1.807) is 26.2 Å². The molecular formula is C15H22N3O3S+. The van der Waals surface area contributed by atoms with Crippen LogP contribution in [0.5, 0.6) is 5.75 Å². The number of benzene rings is 1. The number of nitrogens with one attached hydrogen (secondary N) is 2. The lowest BCUT2D eigenvalue weighted by Crippen LogP contribution is -2.34. The Balaban J connectivity index is 2.02. The first-order valence-electron chi connectivity index (χ1n) is 7.11. The van der Waals surface area contributed by atoms with Crippen molar-refractivity contribution in [1.82, 2.24) is 9.71 Å². The summed E-state index contributed by atoms with van der Waals surface area (Å²) in [5.41, 5.74) is 1.56. The largest absolute Gasteiger partial charge is 0.496 e. The maximum absolute atomic E-state index is 12.4. The van der Waals surface area contributed by atoms with Gasteiger partial charge in [-0.3, -0.25) is 4.98 Å². The van der Waals surface area contributed by atoms with Gasteiger partial charge in [0.1, 0.15) is 18.1 Å². The summed E-state index contributed by atoms with van der Waals surface area (Å²) < 4.78 is 34.6. The van der Waals surface area contributed by atoms with Crippen LogP contribution in [-0.2, 0) is 16.6 Å². The van der Waals surface area contributed by atoms with Crippen LogP contribution >= 0.6 is 0 Å². The molecule has 1 aromatic carbocycles. The zero-order chi connectivity index (χ0) is 16.2. The molecule has 6 nitrogen and oxygen atoms in total. The second-order valence-corrected chi connectivity index (χ2v) is 6.85. The molecule has 1 aromatic heterocycles. The first kappa shape index (κ1) is 16.5. The van der Waals surface area contributed by atoms with Crippen molar-refractivity contribution in [2.24, 2.45) is 0 Å². The van der Waals surface area contributed by atoms with E-state index in [0.717, 1.165) is 18.5 Å². The highest BCUT2D eigenvalue weighted by Crippen LogP contribution is 2.26. The number of methoxy groups -OCH3 is 1. The molecule has 0 saturated heterocycles. The van der Waals surface area contributed by atoms with Crippen LogP contribution in [0, 0.1) is 13.8 Å². The van der Waals surface area contributed by atoms with Gasteiger partial charge >= 0.3 is 0 Å². The number of ether oxygens (including phenoxy) is 1. The van der Waals surface area contributed by atoms with Gasteiger partial charge in [0, 0.05) is 6.54 Å². The van der Waals surface area contributed by atoms with Crippen LogP contribution in [0.1, 0.15) is 17.5 Å². The summed E-state index contributed by atoms with van der Waals surface area (Å²) >= 11 is 0. The van der Waals surface area contributed by atoms with Crippen LogP contribution in [0.25, 0.3) is 0 Å². The molecule has 0 aliphatic rings. The summed E-state index contributed by atoms with van der Waals surface area (Å²) in [6, 6.07) is 3.27. The average molecular weight is 324 g/mol. The van der Waals surface area contributed by atoms with Gasteiger partial charge in [0.05, 0.1) is 18.6 Å². The van der Waals surface area contributed by atoms with E-state index >= 15 is 0 Å². The summed E-state index contributed by atoms with van der Waals surface area (Å²) in [6.45, 7) is 4.80. The van der Waals surface area contributed by atoms with E-state index in [4.69, 9.17) is 4.74 Å². The summed E-state index contributed by atoms with van der Waals surface area (Å²) in [7, 11) is -1.93. The van der Waals surface area contributed by atoms with E-state index in [-0.39, 0.29) is 0 Å². The van der Waals surface area contributed by atoms with E-state index < -0.39 is 10.0 Å². The van der Waals surface area contributed by atoms with Crippen molar-refractivity contribution in [2.75, 3.05) is 13.7 Å². The molecule has 0 aliphatic heterocycles. The maximum Gasteiger partial charge on any atom is 0.241 e. The Hall–Kier alpha value is -1.86. The van der Waals surface area contributed by atoms with Crippen LogP contribution in [0.2, 0.25) is 0 Å². The van der Waals surface area contributed by atoms with Crippen molar-refractivity contribution in [1.29, 1.82) is 0 Å². The van der Waals surface area contributed by atoms with E-state index in [1.807, 2.05) is 30.2 Å². The normalized spacial score (nSPS) is 11.6. The predicted molar refractivity (Wildman–Crippen MR) is 83.3 cm³/mol. The predicted octanol–water partition coefficient (Wildman–Crippen LogP) is 1.30. The maximum atomic E-state index is 12.4. The molecule has 0 amide bonds. The monoisotopic (exact) mass is 324 g/mol. The molecule has 0 radical (unpaired) electrons. The zero-order valence-corrected chi connectivity index (χ0v) is 13.9. The Morgan fingerprint density at radius 1 is 1.27 bits per heavy atom. The summed E-state index contributed by atoms with van der Waals surface area (Å²) in [6.07, 6.45) is 6.29.